The van der Waals surface area contributed by atoms with Gasteiger partial charge in [-0.3, -0.25) is 0 Å². The normalized spacial score (nSPS) is 11.3. The molecule has 0 unspecified atom stereocenters. The van der Waals surface area contributed by atoms with E-state index in [9.17, 15) is 4.79 Å². The number of hydrogen-bond donors (Lipinski definition) is 0. The molecule has 0 N–H and O–H groups in total. The molecule has 2 heteroatoms. The van der Waals surface area contributed by atoms with Crippen molar-refractivity contribution in [1.82, 2.24) is 0 Å². The second-order valence-corrected chi connectivity index (χ2v) is 6.49. The molecule has 0 aromatic heterocycles. The van der Waals surface area contributed by atoms with Crippen molar-refractivity contribution < 1.29 is 9.53 Å². The van der Waals surface area contributed by atoms with Crippen molar-refractivity contribution in [2.45, 2.75) is 46.1 Å². The van der Waals surface area contributed by atoms with Gasteiger partial charge in [-0.05, 0) is 56.0 Å². The lowest BCUT2D eigenvalue weighted by Gasteiger charge is -2.19. The second-order valence-electron chi connectivity index (χ2n) is 6.49. The molecule has 0 bridgehead atoms. The molecule has 0 spiro atoms. The summed E-state index contributed by atoms with van der Waals surface area (Å²) in [6.45, 7) is 7.81. The molecule has 0 saturated carbocycles. The van der Waals surface area contributed by atoms with Crippen molar-refractivity contribution in [3.8, 4) is 11.1 Å². The molecule has 2 rings (SSSR count). The zero-order valence-electron chi connectivity index (χ0n) is 13.8. The van der Waals surface area contributed by atoms with Gasteiger partial charge < -0.3 is 4.74 Å². The minimum absolute atomic E-state index is 0.277. The highest BCUT2D eigenvalue weighted by molar-refractivity contribution is 5.90. The summed E-state index contributed by atoms with van der Waals surface area (Å²) < 4.78 is 5.39. The van der Waals surface area contributed by atoms with E-state index >= 15 is 0 Å². The first-order valence-corrected chi connectivity index (χ1v) is 7.82. The number of ether oxygens (including phenoxy) is 1. The highest BCUT2D eigenvalue weighted by Gasteiger charge is 2.17. The average molecular weight is 296 g/mol. The van der Waals surface area contributed by atoms with Gasteiger partial charge in [0.1, 0.15) is 5.60 Å². The first kappa shape index (κ1) is 16.3. The van der Waals surface area contributed by atoms with E-state index in [1.165, 1.54) is 11.1 Å². The van der Waals surface area contributed by atoms with Crippen LogP contribution in [0.15, 0.2) is 48.5 Å². The van der Waals surface area contributed by atoms with E-state index in [-0.39, 0.29) is 5.97 Å². The Kier molecular flexibility index (Phi) is 5.02. The summed E-state index contributed by atoms with van der Waals surface area (Å²) in [5, 5.41) is 0. The Bertz CT molecular complexity index is 634. The lowest BCUT2D eigenvalue weighted by molar-refractivity contribution is 0.00696. The van der Waals surface area contributed by atoms with Gasteiger partial charge >= 0.3 is 5.97 Å². The summed E-state index contributed by atoms with van der Waals surface area (Å²) in [4.78, 5) is 12.1. The van der Waals surface area contributed by atoms with Crippen LogP contribution in [0.4, 0.5) is 0 Å². The maximum absolute atomic E-state index is 12.1. The highest BCUT2D eigenvalue weighted by Crippen LogP contribution is 2.25. The molecule has 2 nitrogen and oxygen atoms in total. The first-order chi connectivity index (χ1) is 10.4. The molecule has 22 heavy (non-hydrogen) atoms. The van der Waals surface area contributed by atoms with Crippen molar-refractivity contribution in [2.24, 2.45) is 0 Å². The van der Waals surface area contributed by atoms with Crippen LogP contribution in [-0.2, 0) is 11.2 Å². The van der Waals surface area contributed by atoms with Gasteiger partial charge in [-0.15, -0.1) is 0 Å². The lowest BCUT2D eigenvalue weighted by Crippen LogP contribution is -2.23. The summed E-state index contributed by atoms with van der Waals surface area (Å²) >= 11 is 0. The zero-order valence-corrected chi connectivity index (χ0v) is 13.8. The van der Waals surface area contributed by atoms with Gasteiger partial charge in [-0.2, -0.15) is 0 Å². The van der Waals surface area contributed by atoms with Gasteiger partial charge in [0.05, 0.1) is 5.56 Å². The Morgan fingerprint density at radius 3 is 2.23 bits per heavy atom. The van der Waals surface area contributed by atoms with Crippen LogP contribution in [0.1, 0.15) is 50.0 Å². The van der Waals surface area contributed by atoms with E-state index < -0.39 is 5.60 Å². The molecule has 2 aromatic carbocycles. The van der Waals surface area contributed by atoms with Crippen LogP contribution in [0.2, 0.25) is 0 Å². The van der Waals surface area contributed by atoms with Crippen LogP contribution < -0.4 is 0 Å². The fraction of sp³-hybridized carbons (Fsp3) is 0.350. The largest absolute Gasteiger partial charge is 0.456 e. The Morgan fingerprint density at radius 2 is 1.64 bits per heavy atom. The summed E-state index contributed by atoms with van der Waals surface area (Å²) in [6.07, 6.45) is 2.18. The number of rotatable bonds is 4. The number of aryl methyl sites for hydroxylation is 1. The Balaban J connectivity index is 2.24. The van der Waals surface area contributed by atoms with E-state index in [2.05, 4.69) is 31.2 Å². The van der Waals surface area contributed by atoms with Crippen LogP contribution in [0, 0.1) is 0 Å². The monoisotopic (exact) mass is 296 g/mol. The van der Waals surface area contributed by atoms with Crippen LogP contribution in [0.5, 0.6) is 0 Å². The molecule has 0 amide bonds. The molecule has 0 saturated heterocycles. The third kappa shape index (κ3) is 4.20. The maximum atomic E-state index is 12.1. The van der Waals surface area contributed by atoms with Gasteiger partial charge in [0.2, 0.25) is 0 Å². The van der Waals surface area contributed by atoms with E-state index in [4.69, 9.17) is 4.74 Å². The van der Waals surface area contributed by atoms with Crippen LogP contribution >= 0.6 is 0 Å². The maximum Gasteiger partial charge on any atom is 0.338 e. The predicted molar refractivity (Wildman–Crippen MR) is 91.0 cm³/mol. The molecular formula is C20H24O2. The molecule has 0 radical (unpaired) electrons. The standard InChI is InChI=1S/C20H24O2/c1-5-8-15-9-6-7-10-18(15)16-11-13-17(14-12-16)19(21)22-20(2,3)4/h6-7,9-14H,5,8H2,1-4H3. The topological polar surface area (TPSA) is 26.3 Å². The molecule has 0 fully saturated rings. The van der Waals surface area contributed by atoms with Crippen LogP contribution in [0.3, 0.4) is 0 Å². The van der Waals surface area contributed by atoms with Gasteiger partial charge in [-0.1, -0.05) is 49.7 Å². The second kappa shape index (κ2) is 6.78. The fourth-order valence-electron chi connectivity index (χ4n) is 2.41. The quantitative estimate of drug-likeness (QED) is 0.719. The van der Waals surface area contributed by atoms with Crippen molar-refractivity contribution in [2.75, 3.05) is 0 Å². The Morgan fingerprint density at radius 1 is 1.00 bits per heavy atom. The smallest absolute Gasteiger partial charge is 0.338 e. The molecule has 0 aliphatic rings. The third-order valence-electron chi connectivity index (χ3n) is 3.37. The molecule has 0 atom stereocenters. The number of carbonyl (C=O) groups excluding carboxylic acids is 1. The lowest BCUT2D eigenvalue weighted by atomic mass is 9.96. The van der Waals surface area contributed by atoms with E-state index in [1.807, 2.05) is 45.0 Å². The van der Waals surface area contributed by atoms with E-state index in [1.54, 1.807) is 0 Å². The molecule has 0 aliphatic heterocycles. The van der Waals surface area contributed by atoms with Gasteiger partial charge in [0, 0.05) is 0 Å². The average Bonchev–Trinajstić information content (AvgIpc) is 2.47. The summed E-state index contributed by atoms with van der Waals surface area (Å²) in [5.41, 5.74) is 3.84. The minimum Gasteiger partial charge on any atom is -0.456 e. The number of esters is 1. The Labute approximate surface area is 133 Å². The summed E-state index contributed by atoms with van der Waals surface area (Å²) in [7, 11) is 0. The number of hydrogen-bond acceptors (Lipinski definition) is 2. The molecule has 0 aliphatic carbocycles. The Hall–Kier alpha value is -2.09. The summed E-state index contributed by atoms with van der Waals surface area (Å²) in [6, 6.07) is 16.1. The van der Waals surface area contributed by atoms with Crippen molar-refractivity contribution in [3.05, 3.63) is 59.7 Å². The molecular weight excluding hydrogens is 272 g/mol. The van der Waals surface area contributed by atoms with E-state index in [0.29, 0.717) is 5.56 Å². The van der Waals surface area contributed by atoms with Gasteiger partial charge in [0.25, 0.3) is 0 Å². The highest BCUT2D eigenvalue weighted by atomic mass is 16.6. The SMILES string of the molecule is CCCc1ccccc1-c1ccc(C(=O)OC(C)(C)C)cc1. The first-order valence-electron chi connectivity index (χ1n) is 7.82. The van der Waals surface area contributed by atoms with Crippen LogP contribution in [0.25, 0.3) is 11.1 Å². The molecule has 0 heterocycles. The zero-order chi connectivity index (χ0) is 16.2. The predicted octanol–water partition coefficient (Wildman–Crippen LogP) is 5.26. The van der Waals surface area contributed by atoms with E-state index in [0.717, 1.165) is 18.4 Å². The molecule has 2 aromatic rings. The van der Waals surface area contributed by atoms with Crippen molar-refractivity contribution in [3.63, 3.8) is 0 Å². The van der Waals surface area contributed by atoms with Crippen molar-refractivity contribution >= 4 is 5.97 Å². The third-order valence-corrected chi connectivity index (χ3v) is 3.37. The summed E-state index contributed by atoms with van der Waals surface area (Å²) in [5.74, 6) is -0.277. The van der Waals surface area contributed by atoms with Crippen LogP contribution in [-0.4, -0.2) is 11.6 Å². The number of benzene rings is 2. The van der Waals surface area contributed by atoms with Gasteiger partial charge in [-0.25, -0.2) is 4.79 Å². The fourth-order valence-corrected chi connectivity index (χ4v) is 2.41. The minimum atomic E-state index is -0.469. The number of carbonyl (C=O) groups is 1. The molecule has 116 valence electrons. The van der Waals surface area contributed by atoms with Gasteiger partial charge in [0.15, 0.2) is 0 Å². The van der Waals surface area contributed by atoms with Crippen molar-refractivity contribution in [1.29, 1.82) is 0 Å².